The lowest BCUT2D eigenvalue weighted by Crippen LogP contribution is -2.34. The van der Waals surface area contributed by atoms with Gasteiger partial charge in [0.2, 0.25) is 0 Å². The standard InChI is InChI=1S/C18H19F2N3O2/c1-11(2)22-18(25)23-16-5-3-12(4-6-16)10-21-17(24)13-7-14(19)9-15(20)8-13/h3-9,11H,10H2,1-2H3,(H,21,24)(H2,22,23,25). The third-order valence-electron chi connectivity index (χ3n) is 3.21. The summed E-state index contributed by atoms with van der Waals surface area (Å²) in [5, 5.41) is 7.97. The summed E-state index contributed by atoms with van der Waals surface area (Å²) in [6, 6.07) is 9.24. The third kappa shape index (κ3) is 5.87. The maximum absolute atomic E-state index is 13.1. The van der Waals surface area contributed by atoms with Crippen LogP contribution in [0.5, 0.6) is 0 Å². The Kier molecular flexibility index (Phi) is 6.05. The van der Waals surface area contributed by atoms with Crippen LogP contribution in [-0.4, -0.2) is 18.0 Å². The summed E-state index contributed by atoms with van der Waals surface area (Å²) in [5.41, 5.74) is 1.31. The van der Waals surface area contributed by atoms with E-state index >= 15 is 0 Å². The molecule has 25 heavy (non-hydrogen) atoms. The van der Waals surface area contributed by atoms with E-state index in [4.69, 9.17) is 0 Å². The SMILES string of the molecule is CC(C)NC(=O)Nc1ccc(CNC(=O)c2cc(F)cc(F)c2)cc1. The molecule has 0 aliphatic rings. The fraction of sp³-hybridized carbons (Fsp3) is 0.222. The van der Waals surface area contributed by atoms with Crippen LogP contribution in [-0.2, 0) is 6.54 Å². The van der Waals surface area contributed by atoms with E-state index in [0.717, 1.165) is 17.7 Å². The first kappa shape index (κ1) is 18.4. The van der Waals surface area contributed by atoms with Gasteiger partial charge in [0.15, 0.2) is 0 Å². The second-order valence-corrected chi connectivity index (χ2v) is 5.79. The number of benzene rings is 2. The Morgan fingerprint density at radius 3 is 2.16 bits per heavy atom. The predicted octanol–water partition coefficient (Wildman–Crippen LogP) is 3.42. The van der Waals surface area contributed by atoms with Gasteiger partial charge in [-0.15, -0.1) is 0 Å². The maximum atomic E-state index is 13.1. The lowest BCUT2D eigenvalue weighted by molar-refractivity contribution is 0.0950. The van der Waals surface area contributed by atoms with Crippen molar-refractivity contribution >= 4 is 17.6 Å². The number of carbonyl (C=O) groups is 2. The van der Waals surface area contributed by atoms with Gasteiger partial charge in [0.25, 0.3) is 5.91 Å². The molecule has 0 bridgehead atoms. The molecule has 0 aromatic heterocycles. The first-order chi connectivity index (χ1) is 11.8. The summed E-state index contributed by atoms with van der Waals surface area (Å²) in [5.74, 6) is -2.18. The Morgan fingerprint density at radius 2 is 1.60 bits per heavy atom. The predicted molar refractivity (Wildman–Crippen MR) is 91.3 cm³/mol. The van der Waals surface area contributed by atoms with Crippen molar-refractivity contribution in [3.8, 4) is 0 Å². The molecule has 0 unspecified atom stereocenters. The monoisotopic (exact) mass is 347 g/mol. The second-order valence-electron chi connectivity index (χ2n) is 5.79. The van der Waals surface area contributed by atoms with Crippen molar-refractivity contribution in [3.05, 3.63) is 65.2 Å². The minimum Gasteiger partial charge on any atom is -0.348 e. The molecule has 0 spiro atoms. The molecule has 3 amide bonds. The molecular weight excluding hydrogens is 328 g/mol. The lowest BCUT2D eigenvalue weighted by atomic mass is 10.1. The molecule has 3 N–H and O–H groups in total. The van der Waals surface area contributed by atoms with Crippen LogP contribution in [0.25, 0.3) is 0 Å². The third-order valence-corrected chi connectivity index (χ3v) is 3.21. The summed E-state index contributed by atoms with van der Waals surface area (Å²) in [7, 11) is 0. The topological polar surface area (TPSA) is 70.2 Å². The summed E-state index contributed by atoms with van der Waals surface area (Å²) in [6.45, 7) is 3.90. The van der Waals surface area contributed by atoms with Gasteiger partial charge in [-0.3, -0.25) is 4.79 Å². The number of nitrogens with one attached hydrogen (secondary N) is 3. The van der Waals surface area contributed by atoms with Gasteiger partial charge in [-0.1, -0.05) is 12.1 Å². The molecule has 2 rings (SSSR count). The Balaban J connectivity index is 1.90. The molecule has 5 nitrogen and oxygen atoms in total. The number of hydrogen-bond acceptors (Lipinski definition) is 2. The average molecular weight is 347 g/mol. The van der Waals surface area contributed by atoms with Crippen molar-refractivity contribution in [2.24, 2.45) is 0 Å². The molecule has 0 radical (unpaired) electrons. The molecule has 0 atom stereocenters. The Bertz CT molecular complexity index is 741. The largest absolute Gasteiger partial charge is 0.348 e. The summed E-state index contributed by atoms with van der Waals surface area (Å²) < 4.78 is 26.2. The van der Waals surface area contributed by atoms with Crippen LogP contribution in [0.2, 0.25) is 0 Å². The molecule has 0 saturated carbocycles. The highest BCUT2D eigenvalue weighted by Gasteiger charge is 2.09. The van der Waals surface area contributed by atoms with Gasteiger partial charge in [-0.05, 0) is 43.7 Å². The molecule has 0 heterocycles. The van der Waals surface area contributed by atoms with Crippen LogP contribution in [0.3, 0.4) is 0 Å². The van der Waals surface area contributed by atoms with Gasteiger partial charge in [0.05, 0.1) is 0 Å². The number of amides is 3. The van der Waals surface area contributed by atoms with Gasteiger partial charge in [0.1, 0.15) is 11.6 Å². The lowest BCUT2D eigenvalue weighted by Gasteiger charge is -2.11. The number of urea groups is 1. The van der Waals surface area contributed by atoms with Crippen LogP contribution in [0.4, 0.5) is 19.3 Å². The molecule has 0 aliphatic carbocycles. The van der Waals surface area contributed by atoms with Crippen LogP contribution >= 0.6 is 0 Å². The Morgan fingerprint density at radius 1 is 1.00 bits per heavy atom. The highest BCUT2D eigenvalue weighted by Crippen LogP contribution is 2.11. The van der Waals surface area contributed by atoms with Gasteiger partial charge >= 0.3 is 6.03 Å². The van der Waals surface area contributed by atoms with Crippen LogP contribution < -0.4 is 16.0 Å². The molecular formula is C18H19F2N3O2. The van der Waals surface area contributed by atoms with Crippen molar-refractivity contribution < 1.29 is 18.4 Å². The van der Waals surface area contributed by atoms with Crippen molar-refractivity contribution in [2.45, 2.75) is 26.4 Å². The summed E-state index contributed by atoms with van der Waals surface area (Å²) in [4.78, 5) is 23.5. The van der Waals surface area contributed by atoms with E-state index in [1.54, 1.807) is 24.3 Å². The van der Waals surface area contributed by atoms with Crippen molar-refractivity contribution in [3.63, 3.8) is 0 Å². The zero-order valence-corrected chi connectivity index (χ0v) is 13.9. The molecule has 132 valence electrons. The number of carbonyl (C=O) groups excluding carboxylic acids is 2. The minimum absolute atomic E-state index is 0.0298. The number of anilines is 1. The molecule has 0 aliphatic heterocycles. The van der Waals surface area contributed by atoms with E-state index in [2.05, 4.69) is 16.0 Å². The van der Waals surface area contributed by atoms with Crippen molar-refractivity contribution in [1.29, 1.82) is 0 Å². The van der Waals surface area contributed by atoms with Crippen LogP contribution in [0.15, 0.2) is 42.5 Å². The van der Waals surface area contributed by atoms with Gasteiger partial charge < -0.3 is 16.0 Å². The van der Waals surface area contributed by atoms with E-state index in [9.17, 15) is 18.4 Å². The molecule has 0 saturated heterocycles. The minimum atomic E-state index is -0.805. The van der Waals surface area contributed by atoms with E-state index < -0.39 is 17.5 Å². The smallest absolute Gasteiger partial charge is 0.319 e. The van der Waals surface area contributed by atoms with Gasteiger partial charge in [0, 0.05) is 29.9 Å². The fourth-order valence-electron chi connectivity index (χ4n) is 2.10. The molecule has 2 aromatic rings. The molecule has 7 heteroatoms. The Hall–Kier alpha value is -2.96. The van der Waals surface area contributed by atoms with Gasteiger partial charge in [-0.25, -0.2) is 13.6 Å². The van der Waals surface area contributed by atoms with E-state index in [0.29, 0.717) is 11.8 Å². The molecule has 2 aromatic carbocycles. The van der Waals surface area contributed by atoms with E-state index in [-0.39, 0.29) is 24.2 Å². The average Bonchev–Trinajstić information content (AvgIpc) is 2.52. The zero-order chi connectivity index (χ0) is 18.4. The fourth-order valence-corrected chi connectivity index (χ4v) is 2.10. The van der Waals surface area contributed by atoms with Gasteiger partial charge in [-0.2, -0.15) is 0 Å². The number of halogens is 2. The number of rotatable bonds is 5. The van der Waals surface area contributed by atoms with E-state index in [1.807, 2.05) is 13.8 Å². The quantitative estimate of drug-likeness (QED) is 0.776. The van der Waals surface area contributed by atoms with Crippen molar-refractivity contribution in [2.75, 3.05) is 5.32 Å². The Labute approximate surface area is 144 Å². The van der Waals surface area contributed by atoms with Crippen LogP contribution in [0.1, 0.15) is 29.8 Å². The summed E-state index contributed by atoms with van der Waals surface area (Å²) in [6.07, 6.45) is 0. The first-order valence-electron chi connectivity index (χ1n) is 7.74. The second kappa shape index (κ2) is 8.23. The van der Waals surface area contributed by atoms with E-state index in [1.165, 1.54) is 0 Å². The summed E-state index contributed by atoms with van der Waals surface area (Å²) >= 11 is 0. The zero-order valence-electron chi connectivity index (χ0n) is 13.9. The highest BCUT2D eigenvalue weighted by atomic mass is 19.1. The van der Waals surface area contributed by atoms with Crippen molar-refractivity contribution in [1.82, 2.24) is 10.6 Å². The molecule has 0 fully saturated rings. The van der Waals surface area contributed by atoms with Crippen LogP contribution in [0, 0.1) is 11.6 Å². The normalized spacial score (nSPS) is 10.4. The number of hydrogen-bond donors (Lipinski definition) is 3. The first-order valence-corrected chi connectivity index (χ1v) is 7.74. The maximum Gasteiger partial charge on any atom is 0.319 e. The highest BCUT2D eigenvalue weighted by molar-refractivity contribution is 5.94.